The molecule has 4 rings (SSSR count). The zero-order chi connectivity index (χ0) is 23.9. The number of halogens is 1. The van der Waals surface area contributed by atoms with Crippen LogP contribution in [0.4, 0.5) is 4.39 Å². The van der Waals surface area contributed by atoms with Gasteiger partial charge in [0.15, 0.2) is 6.61 Å². The summed E-state index contributed by atoms with van der Waals surface area (Å²) in [5.41, 5.74) is 0.757. The van der Waals surface area contributed by atoms with E-state index in [1.807, 2.05) is 49.4 Å². The maximum atomic E-state index is 13.4. The van der Waals surface area contributed by atoms with Crippen LogP contribution in [0.25, 0.3) is 10.8 Å². The Hall–Kier alpha value is -3.41. The Morgan fingerprint density at radius 1 is 1.03 bits per heavy atom. The fraction of sp³-hybridized carbons (Fsp3) is 0.357. The van der Waals surface area contributed by atoms with E-state index in [4.69, 9.17) is 4.74 Å². The van der Waals surface area contributed by atoms with Crippen LogP contribution in [0.1, 0.15) is 44.6 Å². The van der Waals surface area contributed by atoms with Crippen molar-refractivity contribution in [2.24, 2.45) is 0 Å². The average Bonchev–Trinajstić information content (AvgIpc) is 3.36. The van der Waals surface area contributed by atoms with Crippen LogP contribution in [0.3, 0.4) is 0 Å². The van der Waals surface area contributed by atoms with E-state index in [0.717, 1.165) is 42.0 Å². The fourth-order valence-corrected chi connectivity index (χ4v) is 4.62. The van der Waals surface area contributed by atoms with Crippen LogP contribution in [0, 0.1) is 5.82 Å². The quantitative estimate of drug-likeness (QED) is 0.474. The summed E-state index contributed by atoms with van der Waals surface area (Å²) >= 11 is 0. The SMILES string of the molecule is CC[C@H](C(=O)NC1CCCC1)N(Cc1ccc(F)cc1)C(=O)COc1cccc2ccccc12. The molecule has 3 aromatic rings. The van der Waals surface area contributed by atoms with Crippen LogP contribution in [-0.4, -0.2) is 35.4 Å². The molecule has 0 saturated heterocycles. The highest BCUT2D eigenvalue weighted by molar-refractivity contribution is 5.90. The van der Waals surface area contributed by atoms with E-state index >= 15 is 0 Å². The lowest BCUT2D eigenvalue weighted by molar-refractivity contribution is -0.143. The number of carbonyl (C=O) groups is 2. The monoisotopic (exact) mass is 462 g/mol. The van der Waals surface area contributed by atoms with Gasteiger partial charge in [-0.15, -0.1) is 0 Å². The van der Waals surface area contributed by atoms with Crippen LogP contribution >= 0.6 is 0 Å². The van der Waals surface area contributed by atoms with Crippen molar-refractivity contribution in [3.05, 3.63) is 78.1 Å². The van der Waals surface area contributed by atoms with Crippen LogP contribution in [-0.2, 0) is 16.1 Å². The van der Waals surface area contributed by atoms with Gasteiger partial charge < -0.3 is 15.0 Å². The second-order valence-corrected chi connectivity index (χ2v) is 8.83. The van der Waals surface area contributed by atoms with Crippen LogP contribution in [0.2, 0.25) is 0 Å². The second-order valence-electron chi connectivity index (χ2n) is 8.83. The molecule has 3 aromatic carbocycles. The third-order valence-corrected chi connectivity index (χ3v) is 6.45. The van der Waals surface area contributed by atoms with Crippen molar-refractivity contribution in [2.75, 3.05) is 6.61 Å². The summed E-state index contributed by atoms with van der Waals surface area (Å²) in [5, 5.41) is 5.08. The zero-order valence-electron chi connectivity index (χ0n) is 19.5. The standard InChI is InChI=1S/C28H31FN2O3/c1-2-25(28(33)30-23-10-4-5-11-23)31(18-20-14-16-22(29)17-15-20)27(32)19-34-26-13-7-9-21-8-3-6-12-24(21)26/h3,6-9,12-17,23,25H,2,4-5,10-11,18-19H2,1H3,(H,30,33)/t25-/m1/s1. The number of nitrogens with zero attached hydrogens (tertiary/aromatic N) is 1. The smallest absolute Gasteiger partial charge is 0.261 e. The molecule has 1 N–H and O–H groups in total. The highest BCUT2D eigenvalue weighted by Gasteiger charge is 2.31. The van der Waals surface area contributed by atoms with Crippen molar-refractivity contribution in [1.82, 2.24) is 10.2 Å². The first-order valence-electron chi connectivity index (χ1n) is 12.0. The van der Waals surface area contributed by atoms with Gasteiger partial charge in [-0.3, -0.25) is 9.59 Å². The molecule has 0 bridgehead atoms. The molecule has 0 aliphatic heterocycles. The number of hydrogen-bond donors (Lipinski definition) is 1. The van der Waals surface area contributed by atoms with Gasteiger partial charge in [-0.25, -0.2) is 4.39 Å². The van der Waals surface area contributed by atoms with Crippen molar-refractivity contribution in [1.29, 1.82) is 0 Å². The van der Waals surface area contributed by atoms with Crippen molar-refractivity contribution < 1.29 is 18.7 Å². The number of ether oxygens (including phenoxy) is 1. The molecule has 1 aliphatic carbocycles. The maximum absolute atomic E-state index is 13.4. The summed E-state index contributed by atoms with van der Waals surface area (Å²) in [7, 11) is 0. The summed E-state index contributed by atoms with van der Waals surface area (Å²) in [6.45, 7) is 1.91. The van der Waals surface area contributed by atoms with Crippen molar-refractivity contribution in [3.63, 3.8) is 0 Å². The minimum absolute atomic E-state index is 0.143. The molecule has 0 spiro atoms. The lowest BCUT2D eigenvalue weighted by Crippen LogP contribution is -2.52. The van der Waals surface area contributed by atoms with Crippen molar-refractivity contribution >= 4 is 22.6 Å². The molecule has 0 radical (unpaired) electrons. The van der Waals surface area contributed by atoms with Gasteiger partial charge in [0.2, 0.25) is 5.91 Å². The molecule has 1 fully saturated rings. The van der Waals surface area contributed by atoms with Crippen molar-refractivity contribution in [3.8, 4) is 5.75 Å². The number of benzene rings is 3. The van der Waals surface area contributed by atoms with Crippen LogP contribution < -0.4 is 10.1 Å². The molecule has 178 valence electrons. The van der Waals surface area contributed by atoms with Crippen LogP contribution in [0.15, 0.2) is 66.7 Å². The van der Waals surface area contributed by atoms with Gasteiger partial charge in [-0.05, 0) is 48.4 Å². The predicted molar refractivity (Wildman–Crippen MR) is 131 cm³/mol. The van der Waals surface area contributed by atoms with Crippen molar-refractivity contribution in [2.45, 2.75) is 57.7 Å². The highest BCUT2D eigenvalue weighted by atomic mass is 19.1. The van der Waals surface area contributed by atoms with E-state index in [1.54, 1.807) is 17.0 Å². The number of carbonyl (C=O) groups excluding carboxylic acids is 2. The Morgan fingerprint density at radius 3 is 2.47 bits per heavy atom. The zero-order valence-corrected chi connectivity index (χ0v) is 19.5. The molecular weight excluding hydrogens is 431 g/mol. The first-order valence-corrected chi connectivity index (χ1v) is 12.0. The van der Waals surface area contributed by atoms with E-state index in [9.17, 15) is 14.0 Å². The summed E-state index contributed by atoms with van der Waals surface area (Å²) < 4.78 is 19.4. The van der Waals surface area contributed by atoms with E-state index in [1.165, 1.54) is 12.1 Å². The van der Waals surface area contributed by atoms with E-state index in [2.05, 4.69) is 5.32 Å². The lowest BCUT2D eigenvalue weighted by atomic mass is 10.1. The number of fused-ring (bicyclic) bond motifs is 1. The molecule has 1 saturated carbocycles. The van der Waals surface area contributed by atoms with Gasteiger partial charge in [0.05, 0.1) is 0 Å². The number of amides is 2. The number of nitrogens with one attached hydrogen (secondary N) is 1. The van der Waals surface area contributed by atoms with Gasteiger partial charge in [0, 0.05) is 18.0 Å². The summed E-state index contributed by atoms with van der Waals surface area (Å²) in [6.07, 6.45) is 4.63. The molecule has 5 nitrogen and oxygen atoms in total. The van der Waals surface area contributed by atoms with E-state index < -0.39 is 6.04 Å². The molecule has 2 amide bonds. The summed E-state index contributed by atoms with van der Waals surface area (Å²) in [4.78, 5) is 28.1. The summed E-state index contributed by atoms with van der Waals surface area (Å²) in [5.74, 6) is -0.149. The van der Waals surface area contributed by atoms with Gasteiger partial charge in [0.25, 0.3) is 5.91 Å². The highest BCUT2D eigenvalue weighted by Crippen LogP contribution is 2.25. The average molecular weight is 463 g/mol. The fourth-order valence-electron chi connectivity index (χ4n) is 4.62. The predicted octanol–water partition coefficient (Wildman–Crippen LogP) is 5.22. The Bertz CT molecular complexity index is 1120. The van der Waals surface area contributed by atoms with Gasteiger partial charge in [-0.2, -0.15) is 0 Å². The third kappa shape index (κ3) is 5.74. The Morgan fingerprint density at radius 2 is 1.74 bits per heavy atom. The molecule has 34 heavy (non-hydrogen) atoms. The molecule has 6 heteroatoms. The van der Waals surface area contributed by atoms with Crippen LogP contribution in [0.5, 0.6) is 5.75 Å². The Labute approximate surface area is 199 Å². The maximum Gasteiger partial charge on any atom is 0.261 e. The molecule has 0 unspecified atom stereocenters. The van der Waals surface area contributed by atoms with Gasteiger partial charge >= 0.3 is 0 Å². The molecule has 0 heterocycles. The topological polar surface area (TPSA) is 58.6 Å². The van der Waals surface area contributed by atoms with Gasteiger partial charge in [0.1, 0.15) is 17.6 Å². The van der Waals surface area contributed by atoms with Gasteiger partial charge in [-0.1, -0.05) is 68.3 Å². The van der Waals surface area contributed by atoms with E-state index in [0.29, 0.717) is 12.2 Å². The number of rotatable bonds is 9. The first kappa shape index (κ1) is 23.7. The third-order valence-electron chi connectivity index (χ3n) is 6.45. The Balaban J connectivity index is 1.53. The largest absolute Gasteiger partial charge is 0.483 e. The van der Waals surface area contributed by atoms with E-state index in [-0.39, 0.29) is 36.8 Å². The minimum atomic E-state index is -0.630. The molecule has 1 atom stereocenters. The second kappa shape index (κ2) is 11.1. The Kier molecular flexibility index (Phi) is 7.78. The number of hydrogen-bond acceptors (Lipinski definition) is 3. The molecular formula is C28H31FN2O3. The molecule has 0 aromatic heterocycles. The normalized spacial score (nSPS) is 14.6. The summed E-state index contributed by atoms with van der Waals surface area (Å²) in [6, 6.07) is 19.1. The first-order chi connectivity index (χ1) is 16.5. The lowest BCUT2D eigenvalue weighted by Gasteiger charge is -2.31. The minimum Gasteiger partial charge on any atom is -0.483 e. The molecule has 1 aliphatic rings.